The van der Waals surface area contributed by atoms with Gasteiger partial charge in [-0.3, -0.25) is 4.79 Å². The number of anilines is 1. The third-order valence-corrected chi connectivity index (χ3v) is 3.39. The molecule has 0 aromatic heterocycles. The SMILES string of the molecule is CCOC(=O)NCCN(C(C)=O)c1ccccc1Oc1ccccc1. The van der Waals surface area contributed by atoms with Gasteiger partial charge in [0.2, 0.25) is 5.91 Å². The van der Waals surface area contributed by atoms with Crippen LogP contribution in [0.25, 0.3) is 0 Å². The Morgan fingerprint density at radius 2 is 1.72 bits per heavy atom. The quantitative estimate of drug-likeness (QED) is 0.835. The lowest BCUT2D eigenvalue weighted by Gasteiger charge is -2.23. The first kappa shape index (κ1) is 18.3. The molecule has 0 fully saturated rings. The molecule has 2 aromatic carbocycles. The van der Waals surface area contributed by atoms with E-state index in [-0.39, 0.29) is 12.5 Å². The van der Waals surface area contributed by atoms with Crippen LogP contribution in [0.2, 0.25) is 0 Å². The molecule has 0 heterocycles. The molecule has 0 aliphatic rings. The molecule has 6 nitrogen and oxygen atoms in total. The average molecular weight is 342 g/mol. The van der Waals surface area contributed by atoms with Gasteiger partial charge in [0.25, 0.3) is 0 Å². The minimum absolute atomic E-state index is 0.144. The lowest BCUT2D eigenvalue weighted by atomic mass is 10.2. The molecule has 0 spiro atoms. The summed E-state index contributed by atoms with van der Waals surface area (Å²) < 4.78 is 10.7. The van der Waals surface area contributed by atoms with Gasteiger partial charge < -0.3 is 19.7 Å². The summed E-state index contributed by atoms with van der Waals surface area (Å²) in [6, 6.07) is 16.6. The van der Waals surface area contributed by atoms with Crippen LogP contribution in [0.15, 0.2) is 54.6 Å². The third kappa shape index (κ3) is 5.53. The highest BCUT2D eigenvalue weighted by molar-refractivity contribution is 5.93. The zero-order valence-corrected chi connectivity index (χ0v) is 14.4. The van der Waals surface area contributed by atoms with Crippen molar-refractivity contribution in [1.29, 1.82) is 0 Å². The fourth-order valence-electron chi connectivity index (χ4n) is 2.28. The molecule has 0 radical (unpaired) electrons. The Bertz CT molecular complexity index is 704. The van der Waals surface area contributed by atoms with Crippen molar-refractivity contribution in [3.8, 4) is 11.5 Å². The van der Waals surface area contributed by atoms with Gasteiger partial charge >= 0.3 is 6.09 Å². The monoisotopic (exact) mass is 342 g/mol. The Morgan fingerprint density at radius 3 is 2.40 bits per heavy atom. The third-order valence-electron chi connectivity index (χ3n) is 3.39. The Morgan fingerprint density at radius 1 is 1.04 bits per heavy atom. The number of amides is 2. The maximum absolute atomic E-state index is 12.1. The molecule has 0 aliphatic carbocycles. The number of alkyl carbamates (subject to hydrolysis) is 1. The number of carbonyl (C=O) groups excluding carboxylic acids is 2. The predicted molar refractivity (Wildman–Crippen MR) is 96.0 cm³/mol. The van der Waals surface area contributed by atoms with Crippen LogP contribution >= 0.6 is 0 Å². The number of rotatable bonds is 7. The highest BCUT2D eigenvalue weighted by Crippen LogP contribution is 2.32. The van der Waals surface area contributed by atoms with E-state index in [0.29, 0.717) is 30.3 Å². The van der Waals surface area contributed by atoms with Gasteiger partial charge in [-0.2, -0.15) is 0 Å². The van der Waals surface area contributed by atoms with E-state index >= 15 is 0 Å². The Hall–Kier alpha value is -3.02. The molecule has 25 heavy (non-hydrogen) atoms. The van der Waals surface area contributed by atoms with Gasteiger partial charge in [0.1, 0.15) is 5.75 Å². The van der Waals surface area contributed by atoms with Crippen molar-refractivity contribution in [2.75, 3.05) is 24.6 Å². The van der Waals surface area contributed by atoms with Crippen LogP contribution < -0.4 is 15.0 Å². The maximum Gasteiger partial charge on any atom is 0.407 e. The van der Waals surface area contributed by atoms with Gasteiger partial charge in [0.15, 0.2) is 5.75 Å². The normalized spacial score (nSPS) is 10.0. The number of benzene rings is 2. The molecular formula is C19H22N2O4. The summed E-state index contributed by atoms with van der Waals surface area (Å²) in [5.74, 6) is 1.11. The second-order valence-corrected chi connectivity index (χ2v) is 5.20. The van der Waals surface area contributed by atoms with Gasteiger partial charge in [0.05, 0.1) is 12.3 Å². The lowest BCUT2D eigenvalue weighted by molar-refractivity contribution is -0.116. The standard InChI is InChI=1S/C19H22N2O4/c1-3-24-19(23)20-13-14-21(15(2)22)17-11-7-8-12-18(17)25-16-9-5-4-6-10-16/h4-12H,3,13-14H2,1-2H3,(H,20,23). The van der Waals surface area contributed by atoms with Crippen molar-refractivity contribution in [3.63, 3.8) is 0 Å². The van der Waals surface area contributed by atoms with Crippen molar-refractivity contribution in [2.45, 2.75) is 13.8 Å². The second kappa shape index (κ2) is 9.32. The van der Waals surface area contributed by atoms with Crippen molar-refractivity contribution in [2.24, 2.45) is 0 Å². The molecule has 0 saturated heterocycles. The molecule has 2 aromatic rings. The first-order valence-corrected chi connectivity index (χ1v) is 8.12. The summed E-state index contributed by atoms with van der Waals surface area (Å²) in [5.41, 5.74) is 0.643. The van der Waals surface area contributed by atoms with Crippen molar-refractivity contribution in [3.05, 3.63) is 54.6 Å². The van der Waals surface area contributed by atoms with Crippen molar-refractivity contribution < 1.29 is 19.1 Å². The summed E-state index contributed by atoms with van der Waals surface area (Å²) in [7, 11) is 0. The number of hydrogen-bond acceptors (Lipinski definition) is 4. The van der Waals surface area contributed by atoms with Gasteiger partial charge in [0, 0.05) is 20.0 Å². The second-order valence-electron chi connectivity index (χ2n) is 5.20. The number of para-hydroxylation sites is 3. The number of hydrogen-bond donors (Lipinski definition) is 1. The summed E-state index contributed by atoms with van der Waals surface area (Å²) in [6.07, 6.45) is -0.500. The highest BCUT2D eigenvalue weighted by atomic mass is 16.5. The van der Waals surface area contributed by atoms with Crippen molar-refractivity contribution >= 4 is 17.7 Å². The first-order chi connectivity index (χ1) is 12.1. The maximum atomic E-state index is 12.1. The molecule has 0 unspecified atom stereocenters. The number of carbonyl (C=O) groups is 2. The van der Waals surface area contributed by atoms with Crippen molar-refractivity contribution in [1.82, 2.24) is 5.32 Å². The zero-order chi connectivity index (χ0) is 18.1. The molecule has 0 bridgehead atoms. The van der Waals surface area contributed by atoms with Crippen LogP contribution in [0.1, 0.15) is 13.8 Å². The van der Waals surface area contributed by atoms with E-state index in [1.165, 1.54) is 6.92 Å². The molecule has 2 amide bonds. The highest BCUT2D eigenvalue weighted by Gasteiger charge is 2.16. The van der Waals surface area contributed by atoms with E-state index in [9.17, 15) is 9.59 Å². The van der Waals surface area contributed by atoms with Crippen LogP contribution in [0.4, 0.5) is 10.5 Å². The summed E-state index contributed by atoms with van der Waals surface area (Å²) >= 11 is 0. The molecule has 0 aliphatic heterocycles. The molecule has 132 valence electrons. The Kier molecular flexibility index (Phi) is 6.83. The largest absolute Gasteiger partial charge is 0.455 e. The Balaban J connectivity index is 2.12. The summed E-state index contributed by atoms with van der Waals surface area (Å²) in [4.78, 5) is 25.0. The van der Waals surface area contributed by atoms with E-state index in [1.54, 1.807) is 17.9 Å². The minimum atomic E-state index is -0.500. The van der Waals surface area contributed by atoms with E-state index in [0.717, 1.165) is 0 Å². The van der Waals surface area contributed by atoms with Gasteiger partial charge in [-0.25, -0.2) is 4.79 Å². The van der Waals surface area contributed by atoms with Crippen LogP contribution in [-0.2, 0) is 9.53 Å². The number of nitrogens with one attached hydrogen (secondary N) is 1. The topological polar surface area (TPSA) is 67.9 Å². The van der Waals surface area contributed by atoms with E-state index in [2.05, 4.69) is 5.32 Å². The molecule has 2 rings (SSSR count). The number of ether oxygens (including phenoxy) is 2. The van der Waals surface area contributed by atoms with Crippen LogP contribution in [0.5, 0.6) is 11.5 Å². The lowest BCUT2D eigenvalue weighted by Crippen LogP contribution is -2.37. The van der Waals surface area contributed by atoms with Crippen LogP contribution in [-0.4, -0.2) is 31.7 Å². The summed E-state index contributed by atoms with van der Waals surface area (Å²) in [5, 5.41) is 2.61. The van der Waals surface area contributed by atoms with Gasteiger partial charge in [-0.15, -0.1) is 0 Å². The first-order valence-electron chi connectivity index (χ1n) is 8.12. The molecule has 0 saturated carbocycles. The predicted octanol–water partition coefficient (Wildman–Crippen LogP) is 3.58. The van der Waals surface area contributed by atoms with E-state index in [1.807, 2.05) is 48.5 Å². The zero-order valence-electron chi connectivity index (χ0n) is 14.4. The smallest absolute Gasteiger partial charge is 0.407 e. The van der Waals surface area contributed by atoms with Crippen LogP contribution in [0, 0.1) is 0 Å². The molecule has 0 atom stereocenters. The summed E-state index contributed by atoms with van der Waals surface area (Å²) in [6.45, 7) is 4.10. The minimum Gasteiger partial charge on any atom is -0.455 e. The molecule has 6 heteroatoms. The fourth-order valence-corrected chi connectivity index (χ4v) is 2.28. The fraction of sp³-hybridized carbons (Fsp3) is 0.263. The van der Waals surface area contributed by atoms with E-state index < -0.39 is 6.09 Å². The average Bonchev–Trinajstić information content (AvgIpc) is 2.60. The molecule has 1 N–H and O–H groups in total. The van der Waals surface area contributed by atoms with Gasteiger partial charge in [-0.1, -0.05) is 30.3 Å². The Labute approximate surface area is 147 Å². The van der Waals surface area contributed by atoms with E-state index in [4.69, 9.17) is 9.47 Å². The molecular weight excluding hydrogens is 320 g/mol. The number of nitrogens with zero attached hydrogens (tertiary/aromatic N) is 1. The van der Waals surface area contributed by atoms with Crippen LogP contribution in [0.3, 0.4) is 0 Å². The van der Waals surface area contributed by atoms with Gasteiger partial charge in [-0.05, 0) is 31.2 Å².